The predicted molar refractivity (Wildman–Crippen MR) is 163 cm³/mol. The van der Waals surface area contributed by atoms with Crippen LogP contribution in [0.2, 0.25) is 0 Å². The lowest BCUT2D eigenvalue weighted by Crippen LogP contribution is -2.36. The van der Waals surface area contributed by atoms with Crippen LogP contribution in [0, 0.1) is 0 Å². The van der Waals surface area contributed by atoms with Crippen LogP contribution in [-0.4, -0.2) is 60.9 Å². The summed E-state index contributed by atoms with van der Waals surface area (Å²) in [5.41, 5.74) is 7.48. The Bertz CT molecular complexity index is 1630. The van der Waals surface area contributed by atoms with Gasteiger partial charge in [0.1, 0.15) is 18.2 Å². The Labute approximate surface area is 251 Å². The molecule has 3 fully saturated rings. The van der Waals surface area contributed by atoms with Crippen molar-refractivity contribution in [3.8, 4) is 28.5 Å². The van der Waals surface area contributed by atoms with E-state index >= 15 is 0 Å². The molecule has 4 heterocycles. The van der Waals surface area contributed by atoms with Gasteiger partial charge in [-0.2, -0.15) is 4.98 Å². The van der Waals surface area contributed by atoms with Crippen LogP contribution in [0.4, 0.5) is 5.95 Å². The van der Waals surface area contributed by atoms with Gasteiger partial charge in [0.25, 0.3) is 0 Å². The van der Waals surface area contributed by atoms with Crippen LogP contribution >= 0.6 is 0 Å². The number of anilines is 1. The molecule has 10 nitrogen and oxygen atoms in total. The average molecular weight is 577 g/mol. The van der Waals surface area contributed by atoms with Crippen LogP contribution in [0.3, 0.4) is 0 Å². The number of benzene rings is 1. The Hall–Kier alpha value is -4.47. The van der Waals surface area contributed by atoms with Crippen molar-refractivity contribution >= 4 is 11.9 Å². The first-order valence-electron chi connectivity index (χ1n) is 15.2. The van der Waals surface area contributed by atoms with Crippen LogP contribution in [0.1, 0.15) is 85.7 Å². The molecule has 1 aromatic carbocycles. The number of amides is 1. The number of nitrogens with one attached hydrogen (secondary N) is 1. The molecule has 0 spiro atoms. The zero-order valence-corrected chi connectivity index (χ0v) is 24.7. The normalized spacial score (nSPS) is 17.1. The first-order valence-corrected chi connectivity index (χ1v) is 15.2. The number of hydrogen-bond donors (Lipinski definition) is 1. The second kappa shape index (κ2) is 11.7. The van der Waals surface area contributed by atoms with Crippen LogP contribution in [0.15, 0.2) is 49.1 Å². The maximum absolute atomic E-state index is 11.9. The monoisotopic (exact) mass is 576 g/mol. The van der Waals surface area contributed by atoms with E-state index in [1.165, 1.54) is 36.8 Å². The lowest BCUT2D eigenvalue weighted by atomic mass is 9.86. The van der Waals surface area contributed by atoms with E-state index in [1.807, 2.05) is 4.90 Å². The molecule has 3 aliphatic rings. The van der Waals surface area contributed by atoms with Gasteiger partial charge in [-0.05, 0) is 61.6 Å². The maximum atomic E-state index is 11.9. The van der Waals surface area contributed by atoms with Gasteiger partial charge in [-0.1, -0.05) is 30.3 Å². The summed E-state index contributed by atoms with van der Waals surface area (Å²) in [4.78, 5) is 41.3. The third kappa shape index (κ3) is 5.91. The van der Waals surface area contributed by atoms with Crippen molar-refractivity contribution in [3.63, 3.8) is 0 Å². The van der Waals surface area contributed by atoms with Crippen molar-refractivity contribution in [2.45, 2.75) is 69.7 Å². The van der Waals surface area contributed by atoms with Gasteiger partial charge in [0, 0.05) is 49.7 Å². The number of aromatic nitrogens is 6. The van der Waals surface area contributed by atoms with E-state index in [4.69, 9.17) is 9.72 Å². The third-order valence-electron chi connectivity index (χ3n) is 8.80. The van der Waals surface area contributed by atoms with Crippen molar-refractivity contribution < 1.29 is 9.53 Å². The summed E-state index contributed by atoms with van der Waals surface area (Å²) < 4.78 is 5.53. The second-order valence-electron chi connectivity index (χ2n) is 11.8. The number of piperidine rings is 1. The quantitative estimate of drug-likeness (QED) is 0.276. The summed E-state index contributed by atoms with van der Waals surface area (Å²) in [6.07, 6.45) is 9.62. The van der Waals surface area contributed by atoms with Gasteiger partial charge < -0.3 is 15.0 Å². The summed E-state index contributed by atoms with van der Waals surface area (Å²) in [5, 5.41) is 3.35. The number of nitrogens with zero attached hydrogens (tertiary/aromatic N) is 7. The number of carbonyl (C=O) groups excluding carboxylic acids is 1. The van der Waals surface area contributed by atoms with Gasteiger partial charge in [-0.15, -0.1) is 0 Å². The minimum atomic E-state index is 0.162. The summed E-state index contributed by atoms with van der Waals surface area (Å²) in [7, 11) is 1.60. The Kier molecular flexibility index (Phi) is 7.42. The summed E-state index contributed by atoms with van der Waals surface area (Å²) in [5.74, 6) is 3.02. The third-order valence-corrected chi connectivity index (χ3v) is 8.80. The van der Waals surface area contributed by atoms with Gasteiger partial charge in [0.05, 0.1) is 18.5 Å². The summed E-state index contributed by atoms with van der Waals surface area (Å²) >= 11 is 0. The molecule has 0 unspecified atom stereocenters. The molecule has 1 saturated heterocycles. The smallest absolute Gasteiger partial charge is 0.227 e. The predicted octanol–water partition coefficient (Wildman–Crippen LogP) is 5.49. The molecule has 1 N–H and O–H groups in total. The molecule has 4 aromatic rings. The van der Waals surface area contributed by atoms with E-state index in [1.54, 1.807) is 14.0 Å². The largest absolute Gasteiger partial charge is 0.480 e. The zero-order valence-electron chi connectivity index (χ0n) is 24.7. The molecule has 1 amide bonds. The van der Waals surface area contributed by atoms with E-state index in [0.29, 0.717) is 42.0 Å². The van der Waals surface area contributed by atoms with Crippen molar-refractivity contribution in [2.24, 2.45) is 0 Å². The molecule has 10 heteroatoms. The Morgan fingerprint density at radius 2 is 1.60 bits per heavy atom. The molecule has 43 heavy (non-hydrogen) atoms. The van der Waals surface area contributed by atoms with Crippen LogP contribution in [0.25, 0.3) is 22.6 Å². The van der Waals surface area contributed by atoms with Gasteiger partial charge in [0.2, 0.25) is 17.7 Å². The number of pyridine rings is 1. The van der Waals surface area contributed by atoms with Crippen molar-refractivity contribution in [3.05, 3.63) is 71.6 Å². The topological polar surface area (TPSA) is 119 Å². The highest BCUT2D eigenvalue weighted by Gasteiger charge is 2.32. The summed E-state index contributed by atoms with van der Waals surface area (Å²) in [6.45, 7) is 3.83. The van der Waals surface area contributed by atoms with Crippen LogP contribution < -0.4 is 10.1 Å². The van der Waals surface area contributed by atoms with E-state index in [2.05, 4.69) is 66.6 Å². The fourth-order valence-corrected chi connectivity index (χ4v) is 6.03. The fraction of sp³-hybridized carbons (Fsp3) is 0.424. The minimum Gasteiger partial charge on any atom is -0.480 e. The first kappa shape index (κ1) is 27.4. The Balaban J connectivity index is 1.09. The fourth-order valence-electron chi connectivity index (χ4n) is 6.03. The Morgan fingerprint density at radius 3 is 2.30 bits per heavy atom. The molecule has 1 aliphatic heterocycles. The van der Waals surface area contributed by atoms with Crippen molar-refractivity contribution in [1.29, 1.82) is 0 Å². The lowest BCUT2D eigenvalue weighted by Gasteiger charge is -2.32. The standard InChI is InChI=1S/C33H36N8O2/c1-20(42)41-15-13-22(14-16-41)26-11-12-27(23-7-8-23)39-29(26)24-5-3-21(4-6-24)17-34-33-38-19-36-31(40-33)28-30(25-9-10-25)35-18-37-32(28)43-2/h3-6,11-12,18-19,22-23,25H,7-10,13-17H2,1-2H3,(H,34,36,38,40). The number of methoxy groups -OCH3 is 1. The van der Waals surface area contributed by atoms with Gasteiger partial charge >= 0.3 is 0 Å². The minimum absolute atomic E-state index is 0.162. The van der Waals surface area contributed by atoms with Gasteiger partial charge in [0.15, 0.2) is 5.82 Å². The van der Waals surface area contributed by atoms with Gasteiger partial charge in [-0.3, -0.25) is 9.78 Å². The molecule has 2 saturated carbocycles. The SMILES string of the molecule is COc1ncnc(C2CC2)c1-c1ncnc(NCc2ccc(-c3nc(C4CC4)ccc3C3CCN(C(C)=O)CC3)cc2)n1. The number of ether oxygens (including phenoxy) is 1. The number of rotatable bonds is 9. The maximum Gasteiger partial charge on any atom is 0.227 e. The van der Waals surface area contributed by atoms with Crippen LogP contribution in [-0.2, 0) is 11.3 Å². The highest BCUT2D eigenvalue weighted by Crippen LogP contribution is 2.45. The average Bonchev–Trinajstić information content (AvgIpc) is 3.98. The highest BCUT2D eigenvalue weighted by molar-refractivity contribution is 5.73. The number of likely N-dealkylation sites (tertiary alicyclic amines) is 1. The van der Waals surface area contributed by atoms with E-state index in [0.717, 1.165) is 66.9 Å². The first-order chi connectivity index (χ1) is 21.1. The highest BCUT2D eigenvalue weighted by atomic mass is 16.5. The molecule has 0 atom stereocenters. The molecule has 7 rings (SSSR count). The molecular weight excluding hydrogens is 540 g/mol. The van der Waals surface area contributed by atoms with E-state index < -0.39 is 0 Å². The van der Waals surface area contributed by atoms with Crippen LogP contribution in [0.5, 0.6) is 5.88 Å². The lowest BCUT2D eigenvalue weighted by molar-refractivity contribution is -0.129. The van der Waals surface area contributed by atoms with Gasteiger partial charge in [-0.25, -0.2) is 19.9 Å². The molecule has 3 aromatic heterocycles. The van der Waals surface area contributed by atoms with Crippen molar-refractivity contribution in [1.82, 2.24) is 34.8 Å². The molecule has 220 valence electrons. The molecular formula is C33H36N8O2. The molecule has 0 bridgehead atoms. The van der Waals surface area contributed by atoms with E-state index in [9.17, 15) is 4.79 Å². The number of carbonyl (C=O) groups is 1. The number of hydrogen-bond acceptors (Lipinski definition) is 9. The van der Waals surface area contributed by atoms with E-state index in [-0.39, 0.29) is 5.91 Å². The summed E-state index contributed by atoms with van der Waals surface area (Å²) in [6, 6.07) is 13.1. The molecule has 2 aliphatic carbocycles. The zero-order chi connectivity index (χ0) is 29.3. The van der Waals surface area contributed by atoms with Crippen molar-refractivity contribution in [2.75, 3.05) is 25.5 Å². The second-order valence-corrected chi connectivity index (χ2v) is 11.8. The molecule has 0 radical (unpaired) electrons. The Morgan fingerprint density at radius 1 is 0.860 bits per heavy atom.